The molecule has 0 atom stereocenters. The van der Waals surface area contributed by atoms with Gasteiger partial charge in [0, 0.05) is 104 Å². The first-order chi connectivity index (χ1) is 42.3. The van der Waals surface area contributed by atoms with Crippen LogP contribution in [0.1, 0.15) is 66.2 Å². The van der Waals surface area contributed by atoms with Crippen molar-refractivity contribution in [1.29, 1.82) is 0 Å². The van der Waals surface area contributed by atoms with Gasteiger partial charge in [-0.1, -0.05) is 25.1 Å². The Morgan fingerprint density at radius 3 is 1.10 bits per heavy atom. The first-order valence-electron chi connectivity index (χ1n) is 27.2. The van der Waals surface area contributed by atoms with Gasteiger partial charge in [-0.05, 0) is 72.8 Å². The Morgan fingerprint density at radius 1 is 0.432 bits per heavy atom. The molecule has 31 heteroatoms. The third kappa shape index (κ3) is 23.5. The summed E-state index contributed by atoms with van der Waals surface area (Å²) in [7, 11) is 0. The minimum Gasteiger partial charge on any atom is -0.481 e. The highest BCUT2D eigenvalue weighted by molar-refractivity contribution is 5.92. The second-order valence-corrected chi connectivity index (χ2v) is 18.4. The summed E-state index contributed by atoms with van der Waals surface area (Å²) in [5.74, 6) is -0.678. The zero-order valence-corrected chi connectivity index (χ0v) is 48.5. The largest absolute Gasteiger partial charge is 0.481 e. The standard InChI is InChI=1S/C19H21N7O3.C17H18N6O2.C11H9N5.C8H14N2O4.C2H5NO/c1-13(27)20-9-7-17(28)21-10-8-18(29)23-14-5-6-15(22-12-14)19-25-24-16-4-2-3-11-26(16)19;1-2-15(24)18-9-8-16(25)20-12-6-7-13(19-11-12)17-22-21-14-5-3-4-10-23(14)17;12-8-4-5-9(13-7-8)11-15-14-10-3-1-2-6-16(10)11;1-6(11)9-4-2-7(12)10-5-3-8(13)14;1-2(3)4/h2-6,11-12H,7-10H2,1H3,(H,20,27)(H,21,28)(H,23,29);3-7,10-11H,2,8-9H2,1H3,(H,18,24)(H,20,25);1-7H,12H2;2-5H2,1H3,(H,9,11)(H,10,12)(H,13,14);1H3,(H2,3,4). The summed E-state index contributed by atoms with van der Waals surface area (Å²) < 4.78 is 5.56. The lowest BCUT2D eigenvalue weighted by atomic mass is 10.3. The van der Waals surface area contributed by atoms with Gasteiger partial charge in [0.2, 0.25) is 47.3 Å². The number of aliphatic carboxylic acids is 1. The van der Waals surface area contributed by atoms with Crippen LogP contribution in [0, 0.1) is 0 Å². The van der Waals surface area contributed by atoms with E-state index in [0.717, 1.165) is 28.5 Å². The Kier molecular flexibility index (Phi) is 27.1. The van der Waals surface area contributed by atoms with Crippen molar-refractivity contribution in [1.82, 2.24) is 85.3 Å². The molecule has 9 aromatic rings. The number of nitrogens with two attached hydrogens (primary N) is 2. The van der Waals surface area contributed by atoms with E-state index in [1.807, 2.05) is 92.5 Å². The molecule has 0 aliphatic rings. The van der Waals surface area contributed by atoms with Crippen molar-refractivity contribution in [3.63, 3.8) is 0 Å². The van der Waals surface area contributed by atoms with Gasteiger partial charge in [-0.3, -0.25) is 71.3 Å². The number of nitrogens with one attached hydrogen (secondary N) is 7. The molecule has 9 rings (SSSR count). The van der Waals surface area contributed by atoms with E-state index in [1.165, 1.54) is 20.8 Å². The third-order valence-corrected chi connectivity index (χ3v) is 11.3. The number of nitrogens with zero attached hydrogens (tertiary/aromatic N) is 12. The van der Waals surface area contributed by atoms with E-state index in [4.69, 9.17) is 10.8 Å². The Bertz CT molecular complexity index is 3750. The Balaban J connectivity index is 0.000000217. The number of rotatable bonds is 21. The van der Waals surface area contributed by atoms with E-state index in [0.29, 0.717) is 53.1 Å². The van der Waals surface area contributed by atoms with Crippen LogP contribution in [0.2, 0.25) is 0 Å². The van der Waals surface area contributed by atoms with Crippen molar-refractivity contribution < 1.29 is 48.3 Å². The van der Waals surface area contributed by atoms with Crippen molar-refractivity contribution in [2.24, 2.45) is 5.73 Å². The molecule has 460 valence electrons. The number of amides is 8. The van der Waals surface area contributed by atoms with E-state index < -0.39 is 5.97 Å². The molecule has 9 heterocycles. The first-order valence-corrected chi connectivity index (χ1v) is 27.2. The van der Waals surface area contributed by atoms with Crippen molar-refractivity contribution >= 4 is 87.2 Å². The number of carboxylic acids is 1. The maximum Gasteiger partial charge on any atom is 0.305 e. The van der Waals surface area contributed by atoms with Gasteiger partial charge in [0.1, 0.15) is 17.1 Å². The summed E-state index contributed by atoms with van der Waals surface area (Å²) in [4.78, 5) is 111. The molecule has 8 amide bonds. The van der Waals surface area contributed by atoms with E-state index in [1.54, 1.807) is 55.8 Å². The van der Waals surface area contributed by atoms with E-state index in [-0.39, 0.29) is 106 Å². The summed E-state index contributed by atoms with van der Waals surface area (Å²) in [5, 5.41) is 51.1. The fourth-order valence-electron chi connectivity index (χ4n) is 7.18. The second-order valence-electron chi connectivity index (χ2n) is 18.4. The van der Waals surface area contributed by atoms with E-state index in [9.17, 15) is 43.2 Å². The average molecular weight is 1210 g/mol. The fourth-order valence-corrected chi connectivity index (χ4v) is 7.18. The minimum absolute atomic E-state index is 0.0700. The Hall–Kier alpha value is -11.7. The summed E-state index contributed by atoms with van der Waals surface area (Å²) in [5.41, 5.74) is 16.1. The van der Waals surface area contributed by atoms with Gasteiger partial charge in [0.25, 0.3) is 0 Å². The molecule has 0 spiro atoms. The molecule has 0 aromatic carbocycles. The molecule has 31 nitrogen and oxygen atoms in total. The summed E-state index contributed by atoms with van der Waals surface area (Å²) in [6, 6.07) is 27.7. The van der Waals surface area contributed by atoms with Gasteiger partial charge in [-0.2, -0.15) is 0 Å². The highest BCUT2D eigenvalue weighted by Crippen LogP contribution is 2.20. The zero-order valence-electron chi connectivity index (χ0n) is 48.5. The minimum atomic E-state index is -0.952. The van der Waals surface area contributed by atoms with Crippen LogP contribution >= 0.6 is 0 Å². The molecule has 0 fully saturated rings. The lowest BCUT2D eigenvalue weighted by Crippen LogP contribution is -2.31. The number of nitrogen functional groups attached to an aromatic ring is 1. The van der Waals surface area contributed by atoms with Crippen molar-refractivity contribution in [3.8, 4) is 34.6 Å². The average Bonchev–Trinajstić information content (AvgIpc) is 2.45. The number of hydrogen-bond donors (Lipinski definition) is 10. The normalized spacial score (nSPS) is 10.2. The van der Waals surface area contributed by atoms with Gasteiger partial charge in [0.15, 0.2) is 34.4 Å². The molecule has 88 heavy (non-hydrogen) atoms. The molecular weight excluding hydrogens is 1140 g/mol. The van der Waals surface area contributed by atoms with E-state index >= 15 is 0 Å². The number of anilines is 3. The van der Waals surface area contributed by atoms with E-state index in [2.05, 4.69) is 88.5 Å². The zero-order chi connectivity index (χ0) is 63.8. The van der Waals surface area contributed by atoms with Crippen LogP contribution in [0.4, 0.5) is 17.1 Å². The molecule has 0 unspecified atom stereocenters. The van der Waals surface area contributed by atoms with Crippen molar-refractivity contribution in [2.75, 3.05) is 49.1 Å². The van der Waals surface area contributed by atoms with Crippen molar-refractivity contribution in [2.45, 2.75) is 66.2 Å². The van der Waals surface area contributed by atoms with Gasteiger partial charge in [-0.25, -0.2) is 0 Å². The highest BCUT2D eigenvalue weighted by Gasteiger charge is 2.13. The molecular formula is C57H67N21O10. The number of fused-ring (bicyclic) bond motifs is 3. The van der Waals surface area contributed by atoms with Crippen LogP contribution in [0.25, 0.3) is 51.5 Å². The number of carboxylic acid groups (broad SMARTS) is 1. The molecule has 12 N–H and O–H groups in total. The molecule has 0 saturated heterocycles. The topological polar surface area (TPSA) is 439 Å². The van der Waals surface area contributed by atoms with Crippen LogP contribution in [-0.4, -0.2) is 150 Å². The van der Waals surface area contributed by atoms with Crippen LogP contribution < -0.4 is 48.7 Å². The molecule has 0 saturated carbocycles. The summed E-state index contributed by atoms with van der Waals surface area (Å²) in [6.45, 7) is 7.01. The predicted octanol–water partition coefficient (Wildman–Crippen LogP) is 2.38. The first kappa shape index (κ1) is 67.1. The Morgan fingerprint density at radius 2 is 0.773 bits per heavy atom. The molecule has 0 aliphatic heterocycles. The molecule has 0 radical (unpaired) electrons. The number of carbonyl (C=O) groups is 9. The number of hydrogen-bond acceptors (Lipinski definition) is 19. The van der Waals surface area contributed by atoms with Gasteiger partial charge >= 0.3 is 5.97 Å². The van der Waals surface area contributed by atoms with Crippen molar-refractivity contribution in [3.05, 3.63) is 128 Å². The molecule has 9 aromatic heterocycles. The SMILES string of the molecule is CC(=O)NCCC(=O)NCCC(=O)Nc1ccc(-c2nnc3ccccn23)nc1.CC(=O)NCCC(=O)NCCC(=O)O.CC(N)=O.CCC(=O)NCCC(=O)Nc1ccc(-c2nnc3ccccn23)nc1.Nc1ccc(-c2nnc3ccccn23)nc1. The van der Waals surface area contributed by atoms with Gasteiger partial charge in [-0.15, -0.1) is 30.6 Å². The smallest absolute Gasteiger partial charge is 0.305 e. The highest BCUT2D eigenvalue weighted by atomic mass is 16.4. The molecule has 0 aliphatic carbocycles. The van der Waals surface area contributed by atoms with Crippen LogP contribution in [-0.2, 0) is 43.2 Å². The summed E-state index contributed by atoms with van der Waals surface area (Å²) in [6.07, 6.45) is 11.3. The fraction of sp³-hybridized carbons (Fsp3) is 0.263. The van der Waals surface area contributed by atoms with Crippen LogP contribution in [0.5, 0.6) is 0 Å². The van der Waals surface area contributed by atoms with Crippen LogP contribution in [0.15, 0.2) is 128 Å². The number of primary amides is 1. The Labute approximate surface area is 503 Å². The van der Waals surface area contributed by atoms with Gasteiger partial charge in [0.05, 0.1) is 42.1 Å². The predicted molar refractivity (Wildman–Crippen MR) is 323 cm³/mol. The van der Waals surface area contributed by atoms with Gasteiger partial charge < -0.3 is 53.8 Å². The number of carbonyl (C=O) groups excluding carboxylic acids is 8. The number of aromatic nitrogens is 12. The van der Waals surface area contributed by atoms with Crippen LogP contribution in [0.3, 0.4) is 0 Å². The number of pyridine rings is 6. The lowest BCUT2D eigenvalue weighted by Gasteiger charge is -2.07. The molecule has 0 bridgehead atoms. The maximum absolute atomic E-state index is 12.0. The quantitative estimate of drug-likeness (QED) is 0.0494. The lowest BCUT2D eigenvalue weighted by molar-refractivity contribution is -0.137. The second kappa shape index (κ2) is 35.5. The third-order valence-electron chi connectivity index (χ3n) is 11.3. The summed E-state index contributed by atoms with van der Waals surface area (Å²) >= 11 is 0. The monoisotopic (exact) mass is 1210 g/mol. The maximum atomic E-state index is 12.0.